The van der Waals surface area contributed by atoms with Crippen molar-refractivity contribution in [1.82, 2.24) is 4.98 Å². The van der Waals surface area contributed by atoms with Crippen LogP contribution in [0.5, 0.6) is 5.75 Å². The lowest BCUT2D eigenvalue weighted by molar-refractivity contribution is 0.102. The Morgan fingerprint density at radius 3 is 2.34 bits per heavy atom. The summed E-state index contributed by atoms with van der Waals surface area (Å²) < 4.78 is 5.26. The zero-order valence-electron chi connectivity index (χ0n) is 18.2. The number of aromatic nitrogens is 1. The number of ether oxygens (including phenoxy) is 1. The maximum absolute atomic E-state index is 12.6. The molecule has 162 valence electrons. The maximum Gasteiger partial charge on any atom is 0.255 e. The number of carbonyl (C=O) groups is 1. The van der Waals surface area contributed by atoms with Gasteiger partial charge in [0.1, 0.15) is 17.6 Å². The molecule has 0 saturated carbocycles. The van der Waals surface area contributed by atoms with Gasteiger partial charge in [0.05, 0.1) is 12.7 Å². The summed E-state index contributed by atoms with van der Waals surface area (Å²) in [6.07, 6.45) is 1.61. The lowest BCUT2D eigenvalue weighted by Crippen LogP contribution is -2.46. The summed E-state index contributed by atoms with van der Waals surface area (Å²) in [5.41, 5.74) is 3.97. The fourth-order valence-corrected chi connectivity index (χ4v) is 3.81. The third kappa shape index (κ3) is 4.65. The highest BCUT2D eigenvalue weighted by molar-refractivity contribution is 6.04. The molecule has 2 heterocycles. The van der Waals surface area contributed by atoms with E-state index in [-0.39, 0.29) is 5.91 Å². The van der Waals surface area contributed by atoms with Gasteiger partial charge >= 0.3 is 0 Å². The Morgan fingerprint density at radius 1 is 1.03 bits per heavy atom. The summed E-state index contributed by atoms with van der Waals surface area (Å²) in [6.45, 7) is 5.38. The lowest BCUT2D eigenvalue weighted by atomic mass is 10.1. The van der Waals surface area contributed by atoms with Crippen LogP contribution in [-0.4, -0.2) is 44.2 Å². The van der Waals surface area contributed by atoms with Crippen molar-refractivity contribution in [2.24, 2.45) is 0 Å². The van der Waals surface area contributed by atoms with Gasteiger partial charge in [-0.05, 0) is 67.1 Å². The van der Waals surface area contributed by atoms with Crippen LogP contribution >= 0.6 is 0 Å². The van der Waals surface area contributed by atoms with Crippen LogP contribution in [0.4, 0.5) is 17.2 Å². The molecule has 1 aliphatic rings. The molecule has 0 spiro atoms. The fourth-order valence-electron chi connectivity index (χ4n) is 3.81. The standard InChI is InChI=1S/C25H25N5O2/c1-18-15-20(4-9-23(18)32-2)25(31)28-21-5-7-22(8-6-21)29-11-13-30(14-12-29)24-10-3-19(16-26)17-27-24/h3-10,15,17H,11-14H2,1-2H3,(H,28,31). The number of nitriles is 1. The third-order valence-corrected chi connectivity index (χ3v) is 5.63. The Kier molecular flexibility index (Phi) is 6.22. The van der Waals surface area contributed by atoms with Crippen LogP contribution in [0.15, 0.2) is 60.8 Å². The third-order valence-electron chi connectivity index (χ3n) is 5.63. The van der Waals surface area contributed by atoms with Crippen molar-refractivity contribution >= 4 is 23.1 Å². The Balaban J connectivity index is 1.34. The molecule has 1 fully saturated rings. The Bertz CT molecular complexity index is 1130. The van der Waals surface area contributed by atoms with Gasteiger partial charge in [0, 0.05) is 49.3 Å². The van der Waals surface area contributed by atoms with Gasteiger partial charge in [0.25, 0.3) is 5.91 Å². The summed E-state index contributed by atoms with van der Waals surface area (Å²) >= 11 is 0. The van der Waals surface area contributed by atoms with Crippen LogP contribution in [0.1, 0.15) is 21.5 Å². The molecule has 7 nitrogen and oxygen atoms in total. The average Bonchev–Trinajstić information content (AvgIpc) is 2.84. The summed E-state index contributed by atoms with van der Waals surface area (Å²) in [5.74, 6) is 1.52. The van der Waals surface area contributed by atoms with Crippen LogP contribution in [0.2, 0.25) is 0 Å². The number of anilines is 3. The fraction of sp³-hybridized carbons (Fsp3) is 0.240. The number of nitrogens with zero attached hydrogens (tertiary/aromatic N) is 4. The minimum absolute atomic E-state index is 0.146. The first kappa shape index (κ1) is 21.2. The second kappa shape index (κ2) is 9.40. The van der Waals surface area contributed by atoms with Gasteiger partial charge in [-0.25, -0.2) is 4.98 Å². The van der Waals surface area contributed by atoms with E-state index in [0.29, 0.717) is 11.1 Å². The molecule has 1 aromatic heterocycles. The van der Waals surface area contributed by atoms with Crippen molar-refractivity contribution in [2.75, 3.05) is 48.4 Å². The summed E-state index contributed by atoms with van der Waals surface area (Å²) in [5, 5.41) is 11.9. The van der Waals surface area contributed by atoms with Crippen molar-refractivity contribution in [3.05, 3.63) is 77.5 Å². The predicted molar refractivity (Wildman–Crippen MR) is 126 cm³/mol. The van der Waals surface area contributed by atoms with Crippen molar-refractivity contribution in [2.45, 2.75) is 6.92 Å². The van der Waals surface area contributed by atoms with Crippen LogP contribution in [0, 0.1) is 18.3 Å². The lowest BCUT2D eigenvalue weighted by Gasteiger charge is -2.36. The van der Waals surface area contributed by atoms with E-state index in [1.165, 1.54) is 0 Å². The van der Waals surface area contributed by atoms with Crippen LogP contribution in [0.3, 0.4) is 0 Å². The number of amides is 1. The van der Waals surface area contributed by atoms with Gasteiger partial charge in [-0.15, -0.1) is 0 Å². The summed E-state index contributed by atoms with van der Waals surface area (Å²) in [6, 6.07) is 19.1. The number of pyridine rings is 1. The predicted octanol–water partition coefficient (Wildman–Crippen LogP) is 3.85. The SMILES string of the molecule is COc1ccc(C(=O)Nc2ccc(N3CCN(c4ccc(C#N)cn4)CC3)cc2)cc1C. The van der Waals surface area contributed by atoms with Crippen molar-refractivity contribution in [3.63, 3.8) is 0 Å². The molecule has 1 N–H and O–H groups in total. The largest absolute Gasteiger partial charge is 0.496 e. The topological polar surface area (TPSA) is 81.5 Å². The van der Waals surface area contributed by atoms with Gasteiger partial charge in [-0.2, -0.15) is 5.26 Å². The molecule has 4 rings (SSSR count). The monoisotopic (exact) mass is 427 g/mol. The summed E-state index contributed by atoms with van der Waals surface area (Å²) in [4.78, 5) is 21.5. The van der Waals surface area contributed by atoms with Crippen LogP contribution < -0.4 is 19.9 Å². The Labute approximate surface area is 187 Å². The van der Waals surface area contributed by atoms with Crippen LogP contribution in [-0.2, 0) is 0 Å². The number of methoxy groups -OCH3 is 1. The first-order valence-electron chi connectivity index (χ1n) is 10.5. The van der Waals surface area contributed by atoms with Crippen molar-refractivity contribution in [1.29, 1.82) is 5.26 Å². The zero-order valence-corrected chi connectivity index (χ0v) is 18.2. The maximum atomic E-state index is 12.6. The van der Waals surface area contributed by atoms with Gasteiger partial charge in [0.2, 0.25) is 0 Å². The molecule has 0 radical (unpaired) electrons. The van der Waals surface area contributed by atoms with E-state index in [0.717, 1.165) is 54.7 Å². The van der Waals surface area contributed by atoms with Gasteiger partial charge in [-0.1, -0.05) is 0 Å². The number of aryl methyl sites for hydroxylation is 1. The molecule has 1 amide bonds. The molecule has 1 saturated heterocycles. The number of hydrogen-bond acceptors (Lipinski definition) is 6. The number of hydrogen-bond donors (Lipinski definition) is 1. The minimum Gasteiger partial charge on any atom is -0.496 e. The molecule has 0 unspecified atom stereocenters. The van der Waals surface area contributed by atoms with E-state index in [9.17, 15) is 4.79 Å². The first-order chi connectivity index (χ1) is 15.6. The zero-order chi connectivity index (χ0) is 22.5. The minimum atomic E-state index is -0.146. The van der Waals surface area contributed by atoms with Gasteiger partial charge in [0.15, 0.2) is 0 Å². The highest BCUT2D eigenvalue weighted by Gasteiger charge is 2.18. The Morgan fingerprint density at radius 2 is 1.75 bits per heavy atom. The van der Waals surface area contributed by atoms with E-state index in [1.54, 1.807) is 31.5 Å². The highest BCUT2D eigenvalue weighted by Crippen LogP contribution is 2.23. The molecule has 3 aromatic rings. The summed E-state index contributed by atoms with van der Waals surface area (Å²) in [7, 11) is 1.62. The number of carbonyl (C=O) groups excluding carboxylic acids is 1. The molecular formula is C25H25N5O2. The molecular weight excluding hydrogens is 402 g/mol. The second-order valence-corrected chi connectivity index (χ2v) is 7.68. The number of piperazine rings is 1. The van der Waals surface area contributed by atoms with E-state index in [2.05, 4.69) is 26.2 Å². The molecule has 0 atom stereocenters. The molecule has 1 aliphatic heterocycles. The van der Waals surface area contributed by atoms with E-state index in [4.69, 9.17) is 10.00 Å². The molecule has 0 bridgehead atoms. The Hall–Kier alpha value is -4.05. The van der Waals surface area contributed by atoms with Crippen molar-refractivity contribution < 1.29 is 9.53 Å². The number of benzene rings is 2. The van der Waals surface area contributed by atoms with E-state index >= 15 is 0 Å². The van der Waals surface area contributed by atoms with Gasteiger partial charge < -0.3 is 19.9 Å². The second-order valence-electron chi connectivity index (χ2n) is 7.68. The number of nitrogens with one attached hydrogen (secondary N) is 1. The van der Waals surface area contributed by atoms with Gasteiger partial charge in [-0.3, -0.25) is 4.79 Å². The number of rotatable bonds is 5. The quantitative estimate of drug-likeness (QED) is 0.666. The average molecular weight is 428 g/mol. The molecule has 7 heteroatoms. The molecule has 32 heavy (non-hydrogen) atoms. The molecule has 2 aromatic carbocycles. The van der Waals surface area contributed by atoms with Crippen molar-refractivity contribution in [3.8, 4) is 11.8 Å². The molecule has 0 aliphatic carbocycles. The van der Waals surface area contributed by atoms with E-state index in [1.807, 2.05) is 43.3 Å². The smallest absolute Gasteiger partial charge is 0.255 e. The first-order valence-corrected chi connectivity index (χ1v) is 10.5. The normalized spacial score (nSPS) is 13.4. The van der Waals surface area contributed by atoms with E-state index < -0.39 is 0 Å². The van der Waals surface area contributed by atoms with Crippen LogP contribution in [0.25, 0.3) is 0 Å². The highest BCUT2D eigenvalue weighted by atomic mass is 16.5.